The molecule has 9 heteroatoms. The van der Waals surface area contributed by atoms with Crippen molar-refractivity contribution in [1.82, 2.24) is 0 Å². The average molecular weight is 367 g/mol. The maximum atomic E-state index is 12.2. The molecular weight excluding hydrogens is 351 g/mol. The predicted molar refractivity (Wildman–Crippen MR) is 84.1 cm³/mol. The number of esters is 1. The van der Waals surface area contributed by atoms with Crippen LogP contribution in [0.1, 0.15) is 40.1 Å². The summed E-state index contributed by atoms with van der Waals surface area (Å²) in [6.45, 7) is 0. The van der Waals surface area contributed by atoms with Gasteiger partial charge in [-0.05, 0) is 43.0 Å². The number of carbonyl (C=O) groups is 2. The van der Waals surface area contributed by atoms with E-state index < -0.39 is 34.9 Å². The third-order valence-electron chi connectivity index (χ3n) is 3.43. The van der Waals surface area contributed by atoms with Crippen molar-refractivity contribution < 1.29 is 27.5 Å². The highest BCUT2D eigenvalue weighted by Gasteiger charge is 2.30. The third kappa shape index (κ3) is 4.87. The summed E-state index contributed by atoms with van der Waals surface area (Å²) >= 11 is 0.853. The molecular formula is C14H16F3NO3S2. The first-order valence-corrected chi connectivity index (χ1v) is 8.85. The van der Waals surface area contributed by atoms with E-state index in [1.807, 2.05) is 0 Å². The van der Waals surface area contributed by atoms with E-state index in [1.54, 1.807) is 0 Å². The summed E-state index contributed by atoms with van der Waals surface area (Å²) in [6, 6.07) is 0. The molecule has 2 rings (SSSR count). The van der Waals surface area contributed by atoms with Gasteiger partial charge in [-0.2, -0.15) is 13.2 Å². The maximum Gasteiger partial charge on any atom is 0.442 e. The lowest BCUT2D eigenvalue weighted by Gasteiger charge is -2.08. The summed E-state index contributed by atoms with van der Waals surface area (Å²) in [5, 5.41) is 2.72. The zero-order valence-corrected chi connectivity index (χ0v) is 14.1. The number of halogens is 3. The minimum absolute atomic E-state index is 0.288. The number of anilines is 1. The van der Waals surface area contributed by atoms with Gasteiger partial charge < -0.3 is 10.1 Å². The van der Waals surface area contributed by atoms with Gasteiger partial charge in [-0.15, -0.1) is 11.3 Å². The Morgan fingerprint density at radius 3 is 2.61 bits per heavy atom. The number of fused-ring (bicyclic) bond motifs is 1. The molecule has 4 nitrogen and oxygen atoms in total. The van der Waals surface area contributed by atoms with Crippen molar-refractivity contribution in [2.75, 3.05) is 18.2 Å². The van der Waals surface area contributed by atoms with Crippen molar-refractivity contribution in [2.45, 2.75) is 37.6 Å². The van der Waals surface area contributed by atoms with Gasteiger partial charge in [-0.25, -0.2) is 4.79 Å². The lowest BCUT2D eigenvalue weighted by atomic mass is 10.1. The zero-order valence-electron chi connectivity index (χ0n) is 12.4. The molecule has 0 atom stereocenters. The second-order valence-corrected chi connectivity index (χ2v) is 7.19. The summed E-state index contributed by atoms with van der Waals surface area (Å²) in [4.78, 5) is 24.8. The van der Waals surface area contributed by atoms with Crippen molar-refractivity contribution in [3.63, 3.8) is 0 Å². The molecule has 0 spiro atoms. The number of carbonyl (C=O) groups excluding carboxylic acids is 2. The fraction of sp³-hybridized carbons (Fsp3) is 0.571. The number of methoxy groups -OCH3 is 1. The molecule has 0 aliphatic heterocycles. The highest BCUT2D eigenvalue weighted by atomic mass is 32.2. The quantitative estimate of drug-likeness (QED) is 0.646. The van der Waals surface area contributed by atoms with Gasteiger partial charge in [0.25, 0.3) is 0 Å². The number of rotatable bonds is 4. The van der Waals surface area contributed by atoms with E-state index in [0.717, 1.165) is 36.1 Å². The van der Waals surface area contributed by atoms with Gasteiger partial charge in [0.2, 0.25) is 5.91 Å². The summed E-state index contributed by atoms with van der Waals surface area (Å²) in [7, 11) is 1.24. The van der Waals surface area contributed by atoms with Crippen molar-refractivity contribution in [3.8, 4) is 0 Å². The minimum atomic E-state index is -4.46. The smallest absolute Gasteiger partial charge is 0.442 e. The molecule has 1 aromatic rings. The van der Waals surface area contributed by atoms with Crippen LogP contribution < -0.4 is 5.32 Å². The number of thiophene rings is 1. The Morgan fingerprint density at radius 2 is 1.96 bits per heavy atom. The molecule has 0 saturated carbocycles. The molecule has 1 aliphatic carbocycles. The Morgan fingerprint density at radius 1 is 1.26 bits per heavy atom. The second kappa shape index (κ2) is 7.57. The summed E-state index contributed by atoms with van der Waals surface area (Å²) in [5.74, 6) is -2.09. The van der Waals surface area contributed by atoms with Gasteiger partial charge in [0, 0.05) is 4.88 Å². The second-order valence-electron chi connectivity index (χ2n) is 5.04. The third-order valence-corrected chi connectivity index (χ3v) is 5.37. The Kier molecular flexibility index (Phi) is 5.96. The summed E-state index contributed by atoms with van der Waals surface area (Å²) < 4.78 is 41.2. The van der Waals surface area contributed by atoms with Crippen LogP contribution in [0.3, 0.4) is 0 Å². The minimum Gasteiger partial charge on any atom is -0.465 e. The predicted octanol–water partition coefficient (Wildman–Crippen LogP) is 4.00. The van der Waals surface area contributed by atoms with Crippen molar-refractivity contribution in [1.29, 1.82) is 0 Å². The first-order valence-electron chi connectivity index (χ1n) is 7.05. The SMILES string of the molecule is COC(=O)c1c(NC(=O)CSC(F)(F)F)sc2c1CCCCC2. The molecule has 0 aromatic carbocycles. The lowest BCUT2D eigenvalue weighted by molar-refractivity contribution is -0.114. The lowest BCUT2D eigenvalue weighted by Crippen LogP contribution is -2.18. The Labute approximate surface area is 139 Å². The van der Waals surface area contributed by atoms with Crippen LogP contribution in [0.25, 0.3) is 0 Å². The molecule has 0 bridgehead atoms. The number of alkyl halides is 3. The number of hydrogen-bond acceptors (Lipinski definition) is 5. The number of hydrogen-bond donors (Lipinski definition) is 1. The number of nitrogens with one attached hydrogen (secondary N) is 1. The van der Waals surface area contributed by atoms with E-state index in [9.17, 15) is 22.8 Å². The molecule has 0 radical (unpaired) electrons. The van der Waals surface area contributed by atoms with E-state index in [-0.39, 0.29) is 5.00 Å². The first-order chi connectivity index (χ1) is 10.8. The van der Waals surface area contributed by atoms with Gasteiger partial charge >= 0.3 is 11.5 Å². The van der Waals surface area contributed by atoms with E-state index >= 15 is 0 Å². The number of ether oxygens (including phenoxy) is 1. The van der Waals surface area contributed by atoms with Crippen LogP contribution in [0.5, 0.6) is 0 Å². The maximum absolute atomic E-state index is 12.2. The zero-order chi connectivity index (χ0) is 17.0. The highest BCUT2D eigenvalue weighted by molar-refractivity contribution is 8.00. The van der Waals surface area contributed by atoms with E-state index in [2.05, 4.69) is 5.32 Å². The topological polar surface area (TPSA) is 55.4 Å². The van der Waals surface area contributed by atoms with E-state index in [0.29, 0.717) is 12.0 Å². The monoisotopic (exact) mass is 367 g/mol. The summed E-state index contributed by atoms with van der Waals surface area (Å²) in [5.41, 5.74) is -3.31. The van der Waals surface area contributed by atoms with Crippen LogP contribution in [0, 0.1) is 0 Å². The van der Waals surface area contributed by atoms with Crippen LogP contribution in [-0.2, 0) is 22.4 Å². The van der Waals surface area contributed by atoms with Crippen LogP contribution >= 0.6 is 23.1 Å². The van der Waals surface area contributed by atoms with Crippen LogP contribution in [0.4, 0.5) is 18.2 Å². The summed E-state index contributed by atoms with van der Waals surface area (Å²) in [6.07, 6.45) is 4.50. The van der Waals surface area contributed by atoms with Crippen LogP contribution in [0.15, 0.2) is 0 Å². The number of amides is 1. The molecule has 1 amide bonds. The van der Waals surface area contributed by atoms with Gasteiger partial charge in [-0.3, -0.25) is 4.79 Å². The molecule has 1 N–H and O–H groups in total. The van der Waals surface area contributed by atoms with Crippen LogP contribution in [-0.4, -0.2) is 30.2 Å². The van der Waals surface area contributed by atoms with Gasteiger partial charge in [0.15, 0.2) is 0 Å². The van der Waals surface area contributed by atoms with E-state index in [1.165, 1.54) is 18.4 Å². The molecule has 1 heterocycles. The number of aryl methyl sites for hydroxylation is 1. The molecule has 128 valence electrons. The largest absolute Gasteiger partial charge is 0.465 e. The standard InChI is InChI=1S/C14H16F3NO3S2/c1-21-13(20)11-8-5-3-2-4-6-9(8)23-12(11)18-10(19)7-22-14(15,16)17/h2-7H2,1H3,(H,18,19). The Bertz CT molecular complexity index is 599. The fourth-order valence-electron chi connectivity index (χ4n) is 2.46. The highest BCUT2D eigenvalue weighted by Crippen LogP contribution is 2.38. The molecule has 23 heavy (non-hydrogen) atoms. The Balaban J connectivity index is 2.20. The van der Waals surface area contributed by atoms with Crippen molar-refractivity contribution in [2.24, 2.45) is 0 Å². The van der Waals surface area contributed by atoms with Gasteiger partial charge in [0.1, 0.15) is 5.00 Å². The molecule has 0 saturated heterocycles. The molecule has 1 aliphatic rings. The van der Waals surface area contributed by atoms with Crippen LogP contribution in [0.2, 0.25) is 0 Å². The molecule has 0 unspecified atom stereocenters. The fourth-order valence-corrected chi connectivity index (χ4v) is 4.12. The van der Waals surface area contributed by atoms with Crippen molar-refractivity contribution in [3.05, 3.63) is 16.0 Å². The van der Waals surface area contributed by atoms with Crippen molar-refractivity contribution >= 4 is 40.0 Å². The normalized spacial score (nSPS) is 14.8. The van der Waals surface area contributed by atoms with Gasteiger partial charge in [-0.1, -0.05) is 6.42 Å². The Hall–Kier alpha value is -1.22. The number of thioether (sulfide) groups is 1. The average Bonchev–Trinajstić information content (AvgIpc) is 2.65. The molecule has 1 aromatic heterocycles. The first kappa shape index (κ1) is 18.1. The van der Waals surface area contributed by atoms with E-state index in [4.69, 9.17) is 4.74 Å². The molecule has 0 fully saturated rings. The van der Waals surface area contributed by atoms with Gasteiger partial charge in [0.05, 0.1) is 18.4 Å².